The maximum absolute atomic E-state index is 7.67. The standard InChI is InChI=1S/C24H29ClN4S/c1-16(2)13-21-23(19-9-10-20(25)17(3)14-19)28-24(30-21)29(12-11-22(26)27)15-18-7-5-4-6-8-18/h4-10,14,16H,11-13,15H2,1-3H3,(H3,26,27). The largest absolute Gasteiger partial charge is 0.388 e. The third kappa shape index (κ3) is 5.83. The maximum atomic E-state index is 7.67. The molecule has 0 radical (unpaired) electrons. The van der Waals surface area contributed by atoms with Gasteiger partial charge in [-0.25, -0.2) is 4.98 Å². The third-order valence-electron chi connectivity index (χ3n) is 4.85. The van der Waals surface area contributed by atoms with Crippen LogP contribution < -0.4 is 10.6 Å². The van der Waals surface area contributed by atoms with Gasteiger partial charge in [-0.2, -0.15) is 0 Å². The van der Waals surface area contributed by atoms with E-state index >= 15 is 0 Å². The number of nitrogens with two attached hydrogens (primary N) is 1. The van der Waals surface area contributed by atoms with Crippen LogP contribution in [0.2, 0.25) is 5.02 Å². The number of aryl methyl sites for hydroxylation is 1. The first kappa shape index (κ1) is 22.3. The minimum Gasteiger partial charge on any atom is -0.388 e. The Bertz CT molecular complexity index is 998. The summed E-state index contributed by atoms with van der Waals surface area (Å²) in [5, 5.41) is 9.41. The lowest BCUT2D eigenvalue weighted by molar-refractivity contribution is 0.654. The number of anilines is 1. The fourth-order valence-electron chi connectivity index (χ4n) is 3.30. The minimum atomic E-state index is 0.195. The highest BCUT2D eigenvalue weighted by atomic mass is 35.5. The van der Waals surface area contributed by atoms with E-state index in [-0.39, 0.29) is 5.84 Å². The smallest absolute Gasteiger partial charge is 0.186 e. The Kier molecular flexibility index (Phi) is 7.51. The van der Waals surface area contributed by atoms with Gasteiger partial charge >= 0.3 is 0 Å². The quantitative estimate of drug-likeness (QED) is 0.303. The number of nitrogens with zero attached hydrogens (tertiary/aromatic N) is 2. The van der Waals surface area contributed by atoms with E-state index in [9.17, 15) is 0 Å². The highest BCUT2D eigenvalue weighted by Gasteiger charge is 2.19. The number of halogens is 1. The zero-order valence-electron chi connectivity index (χ0n) is 17.8. The van der Waals surface area contributed by atoms with E-state index < -0.39 is 0 Å². The molecule has 0 aliphatic carbocycles. The minimum absolute atomic E-state index is 0.195. The molecule has 3 rings (SSSR count). The zero-order valence-corrected chi connectivity index (χ0v) is 19.4. The lowest BCUT2D eigenvalue weighted by atomic mass is 10.0. The summed E-state index contributed by atoms with van der Waals surface area (Å²) < 4.78 is 0. The van der Waals surface area contributed by atoms with Crippen molar-refractivity contribution in [3.8, 4) is 11.3 Å². The van der Waals surface area contributed by atoms with Crippen LogP contribution in [-0.4, -0.2) is 17.4 Å². The Hall–Kier alpha value is -2.37. The lowest BCUT2D eigenvalue weighted by Gasteiger charge is -2.21. The second-order valence-corrected chi connectivity index (χ2v) is 9.48. The number of rotatable bonds is 9. The highest BCUT2D eigenvalue weighted by Crippen LogP contribution is 2.36. The van der Waals surface area contributed by atoms with Gasteiger partial charge in [0.25, 0.3) is 0 Å². The van der Waals surface area contributed by atoms with E-state index in [0.29, 0.717) is 18.9 Å². The SMILES string of the molecule is Cc1cc(-c2nc(N(CCC(=N)N)Cc3ccccc3)sc2CC(C)C)ccc1Cl. The number of nitrogens with one attached hydrogen (secondary N) is 1. The van der Waals surface area contributed by atoms with Crippen LogP contribution in [0.25, 0.3) is 11.3 Å². The summed E-state index contributed by atoms with van der Waals surface area (Å²) in [5.74, 6) is 0.728. The molecule has 0 spiro atoms. The van der Waals surface area contributed by atoms with Gasteiger partial charge in [-0.3, -0.25) is 5.41 Å². The molecule has 158 valence electrons. The molecule has 6 heteroatoms. The predicted octanol–water partition coefficient (Wildman–Crippen LogP) is 6.30. The van der Waals surface area contributed by atoms with Crippen LogP contribution in [0.5, 0.6) is 0 Å². The summed E-state index contributed by atoms with van der Waals surface area (Å²) in [5.41, 5.74) is 10.1. The van der Waals surface area contributed by atoms with Crippen LogP contribution in [0, 0.1) is 18.3 Å². The molecule has 30 heavy (non-hydrogen) atoms. The van der Waals surface area contributed by atoms with Gasteiger partial charge in [-0.1, -0.05) is 61.8 Å². The van der Waals surface area contributed by atoms with Gasteiger partial charge in [0.15, 0.2) is 5.13 Å². The van der Waals surface area contributed by atoms with Gasteiger partial charge in [0.2, 0.25) is 0 Å². The number of thiazole rings is 1. The van der Waals surface area contributed by atoms with Crippen LogP contribution >= 0.6 is 22.9 Å². The topological polar surface area (TPSA) is 66.0 Å². The monoisotopic (exact) mass is 440 g/mol. The van der Waals surface area contributed by atoms with Gasteiger partial charge < -0.3 is 10.6 Å². The van der Waals surface area contributed by atoms with Gasteiger partial charge in [0.05, 0.1) is 11.5 Å². The van der Waals surface area contributed by atoms with Crippen molar-refractivity contribution in [2.75, 3.05) is 11.4 Å². The molecule has 1 aromatic heterocycles. The molecule has 4 nitrogen and oxygen atoms in total. The summed E-state index contributed by atoms with van der Waals surface area (Å²) in [6.45, 7) is 7.89. The maximum Gasteiger partial charge on any atom is 0.186 e. The van der Waals surface area contributed by atoms with Crippen molar-refractivity contribution in [1.29, 1.82) is 5.41 Å². The van der Waals surface area contributed by atoms with Crippen molar-refractivity contribution < 1.29 is 0 Å². The van der Waals surface area contributed by atoms with Crippen molar-refractivity contribution in [1.82, 2.24) is 4.98 Å². The molecular formula is C24H29ClN4S. The van der Waals surface area contributed by atoms with Crippen molar-refractivity contribution in [2.45, 2.75) is 40.2 Å². The van der Waals surface area contributed by atoms with Crippen LogP contribution in [0.15, 0.2) is 48.5 Å². The molecule has 0 bridgehead atoms. The summed E-state index contributed by atoms with van der Waals surface area (Å²) in [6.07, 6.45) is 1.49. The molecule has 0 saturated heterocycles. The fourth-order valence-corrected chi connectivity index (χ4v) is 4.74. The van der Waals surface area contributed by atoms with Crippen molar-refractivity contribution in [3.05, 3.63) is 69.6 Å². The first-order valence-corrected chi connectivity index (χ1v) is 11.4. The van der Waals surface area contributed by atoms with Crippen LogP contribution in [0.4, 0.5) is 5.13 Å². The van der Waals surface area contributed by atoms with Gasteiger partial charge in [0.1, 0.15) is 0 Å². The van der Waals surface area contributed by atoms with E-state index in [1.807, 2.05) is 31.2 Å². The number of hydrogen-bond acceptors (Lipinski definition) is 4. The Labute approximate surface area is 188 Å². The number of hydrogen-bond donors (Lipinski definition) is 2. The Morgan fingerprint density at radius 2 is 1.93 bits per heavy atom. The Balaban J connectivity index is 2.00. The van der Waals surface area contributed by atoms with Gasteiger partial charge in [0, 0.05) is 35.0 Å². The van der Waals surface area contributed by atoms with E-state index in [2.05, 4.69) is 43.0 Å². The second kappa shape index (κ2) is 10.1. The number of benzene rings is 2. The fraction of sp³-hybridized carbons (Fsp3) is 0.333. The molecule has 1 heterocycles. The molecule has 0 aliphatic heterocycles. The first-order chi connectivity index (χ1) is 14.3. The summed E-state index contributed by atoms with van der Waals surface area (Å²) in [7, 11) is 0. The third-order valence-corrected chi connectivity index (χ3v) is 6.41. The summed E-state index contributed by atoms with van der Waals surface area (Å²) >= 11 is 7.99. The van der Waals surface area contributed by atoms with E-state index in [0.717, 1.165) is 39.9 Å². The van der Waals surface area contributed by atoms with Crippen LogP contribution in [-0.2, 0) is 13.0 Å². The van der Waals surface area contributed by atoms with E-state index in [1.165, 1.54) is 10.4 Å². The van der Waals surface area contributed by atoms with E-state index in [1.54, 1.807) is 11.3 Å². The Morgan fingerprint density at radius 3 is 2.57 bits per heavy atom. The molecule has 0 saturated carbocycles. The molecule has 0 fully saturated rings. The molecule has 0 aliphatic rings. The van der Waals surface area contributed by atoms with Crippen molar-refractivity contribution in [3.63, 3.8) is 0 Å². The van der Waals surface area contributed by atoms with Crippen molar-refractivity contribution >= 4 is 33.9 Å². The van der Waals surface area contributed by atoms with E-state index in [4.69, 9.17) is 27.7 Å². The van der Waals surface area contributed by atoms with Crippen LogP contribution in [0.3, 0.4) is 0 Å². The number of aromatic nitrogens is 1. The molecule has 3 N–H and O–H groups in total. The normalized spacial score (nSPS) is 11.1. The average molecular weight is 441 g/mol. The summed E-state index contributed by atoms with van der Waals surface area (Å²) in [6, 6.07) is 16.5. The first-order valence-electron chi connectivity index (χ1n) is 10.2. The molecular weight excluding hydrogens is 412 g/mol. The van der Waals surface area contributed by atoms with Crippen LogP contribution in [0.1, 0.15) is 36.3 Å². The van der Waals surface area contributed by atoms with Gasteiger partial charge in [-0.15, -0.1) is 11.3 Å². The second-order valence-electron chi connectivity index (χ2n) is 8.01. The highest BCUT2D eigenvalue weighted by molar-refractivity contribution is 7.16. The van der Waals surface area contributed by atoms with Gasteiger partial charge in [-0.05, 0) is 42.5 Å². The molecule has 0 amide bonds. The number of amidine groups is 1. The lowest BCUT2D eigenvalue weighted by Crippen LogP contribution is -2.27. The predicted molar refractivity (Wildman–Crippen MR) is 130 cm³/mol. The Morgan fingerprint density at radius 1 is 1.20 bits per heavy atom. The molecule has 0 unspecified atom stereocenters. The molecule has 0 atom stereocenters. The molecule has 3 aromatic rings. The zero-order chi connectivity index (χ0) is 21.7. The van der Waals surface area contributed by atoms with Crippen molar-refractivity contribution in [2.24, 2.45) is 11.7 Å². The summed E-state index contributed by atoms with van der Waals surface area (Å²) in [4.78, 5) is 8.58. The molecule has 2 aromatic carbocycles. The average Bonchev–Trinajstić information content (AvgIpc) is 3.11.